The van der Waals surface area contributed by atoms with Crippen LogP contribution in [0.3, 0.4) is 0 Å². The largest absolute Gasteiger partial charge is 0.300 e. The molecule has 0 aliphatic carbocycles. The van der Waals surface area contributed by atoms with Gasteiger partial charge in [-0.05, 0) is 19.3 Å². The Morgan fingerprint density at radius 3 is 1.73 bits per heavy atom. The van der Waals surface area contributed by atoms with Crippen LogP contribution in [-0.4, -0.2) is 5.78 Å². The van der Waals surface area contributed by atoms with Gasteiger partial charge in [-0.1, -0.05) is 34.1 Å². The van der Waals surface area contributed by atoms with E-state index < -0.39 is 0 Å². The summed E-state index contributed by atoms with van der Waals surface area (Å²) in [5, 5.41) is 0. The summed E-state index contributed by atoms with van der Waals surface area (Å²) >= 11 is 0. The van der Waals surface area contributed by atoms with Crippen LogP contribution in [0, 0.1) is 5.92 Å². The van der Waals surface area contributed by atoms with E-state index in [9.17, 15) is 4.79 Å². The molecule has 1 nitrogen and oxygen atoms in total. The Morgan fingerprint density at radius 2 is 1.64 bits per heavy atom. The molecule has 0 spiro atoms. The predicted molar refractivity (Wildman–Crippen MR) is 50.7 cm³/mol. The number of rotatable bonds is 3. The van der Waals surface area contributed by atoms with Gasteiger partial charge < -0.3 is 4.79 Å². The monoisotopic (exact) mass is 158 g/mol. The lowest BCUT2D eigenvalue weighted by Crippen LogP contribution is -1.93. The molecule has 0 unspecified atom stereocenters. The van der Waals surface area contributed by atoms with Crippen LogP contribution >= 0.6 is 0 Å². The summed E-state index contributed by atoms with van der Waals surface area (Å²) in [5.74, 6) is 0.970. The Labute approximate surface area is 71.2 Å². The van der Waals surface area contributed by atoms with Crippen molar-refractivity contribution in [2.24, 2.45) is 5.92 Å². The minimum Gasteiger partial charge on any atom is -0.300 e. The second kappa shape index (κ2) is 9.67. The smallest absolute Gasteiger partial charge is 0.129 e. The van der Waals surface area contributed by atoms with Crippen molar-refractivity contribution in [3.05, 3.63) is 0 Å². The summed E-state index contributed by atoms with van der Waals surface area (Å²) < 4.78 is 0. The van der Waals surface area contributed by atoms with Gasteiger partial charge in [-0.25, -0.2) is 0 Å². The standard InChI is InChI=1S/C7H14O.C3H8/c1-6(2)4-5-7(3)8;1-3-2/h6H,4-5H2,1-3H3;3H2,1-2H3. The van der Waals surface area contributed by atoms with Crippen LogP contribution in [0.4, 0.5) is 0 Å². The first-order valence-corrected chi connectivity index (χ1v) is 4.53. The average Bonchev–Trinajstić information content (AvgIpc) is 1.85. The molecule has 68 valence electrons. The Kier molecular flexibility index (Phi) is 11.7. The predicted octanol–water partition coefficient (Wildman–Crippen LogP) is 3.43. The Morgan fingerprint density at radius 1 is 1.27 bits per heavy atom. The summed E-state index contributed by atoms with van der Waals surface area (Å²) in [5.41, 5.74) is 0. The third-order valence-electron chi connectivity index (χ3n) is 1.07. The van der Waals surface area contributed by atoms with Crippen molar-refractivity contribution in [2.75, 3.05) is 0 Å². The number of hydrogen-bond donors (Lipinski definition) is 0. The summed E-state index contributed by atoms with van der Waals surface area (Å²) in [4.78, 5) is 10.3. The lowest BCUT2D eigenvalue weighted by Gasteiger charge is -1.98. The number of ketones is 1. The molecule has 0 aromatic carbocycles. The van der Waals surface area contributed by atoms with Gasteiger partial charge in [-0.15, -0.1) is 0 Å². The molecule has 0 aliphatic heterocycles. The van der Waals surface area contributed by atoms with E-state index in [0.717, 1.165) is 12.8 Å². The van der Waals surface area contributed by atoms with Crippen molar-refractivity contribution in [1.29, 1.82) is 0 Å². The molecule has 0 aromatic heterocycles. The Balaban J connectivity index is 0. The minimum atomic E-state index is 0.304. The zero-order valence-electron chi connectivity index (χ0n) is 8.61. The van der Waals surface area contributed by atoms with Gasteiger partial charge in [-0.2, -0.15) is 0 Å². The van der Waals surface area contributed by atoms with Crippen LogP contribution in [0.1, 0.15) is 53.9 Å². The van der Waals surface area contributed by atoms with Gasteiger partial charge in [0.15, 0.2) is 0 Å². The zero-order valence-corrected chi connectivity index (χ0v) is 8.61. The van der Waals surface area contributed by atoms with Gasteiger partial charge in [0.1, 0.15) is 5.78 Å². The highest BCUT2D eigenvalue weighted by molar-refractivity contribution is 5.75. The highest BCUT2D eigenvalue weighted by Gasteiger charge is 1.95. The highest BCUT2D eigenvalue weighted by atomic mass is 16.1. The van der Waals surface area contributed by atoms with Crippen molar-refractivity contribution in [1.82, 2.24) is 0 Å². The van der Waals surface area contributed by atoms with Crippen LogP contribution in [0.25, 0.3) is 0 Å². The van der Waals surface area contributed by atoms with Crippen molar-refractivity contribution in [3.63, 3.8) is 0 Å². The molecule has 0 radical (unpaired) electrons. The molecule has 0 bridgehead atoms. The van der Waals surface area contributed by atoms with Crippen LogP contribution in [0.15, 0.2) is 0 Å². The summed E-state index contributed by atoms with van der Waals surface area (Å²) in [6.45, 7) is 10.1. The van der Waals surface area contributed by atoms with E-state index >= 15 is 0 Å². The van der Waals surface area contributed by atoms with E-state index in [1.807, 2.05) is 0 Å². The van der Waals surface area contributed by atoms with Crippen molar-refractivity contribution in [2.45, 2.75) is 53.9 Å². The molecule has 0 aliphatic rings. The van der Waals surface area contributed by atoms with Crippen LogP contribution < -0.4 is 0 Å². The maximum Gasteiger partial charge on any atom is 0.129 e. The van der Waals surface area contributed by atoms with Crippen molar-refractivity contribution < 1.29 is 4.79 Å². The summed E-state index contributed by atoms with van der Waals surface area (Å²) in [7, 11) is 0. The van der Waals surface area contributed by atoms with E-state index in [-0.39, 0.29) is 0 Å². The third kappa shape index (κ3) is 26.1. The molecule has 0 fully saturated rings. The van der Waals surface area contributed by atoms with Gasteiger partial charge in [0.05, 0.1) is 0 Å². The molecular weight excluding hydrogens is 136 g/mol. The van der Waals surface area contributed by atoms with Crippen LogP contribution in [0.2, 0.25) is 0 Å². The lowest BCUT2D eigenvalue weighted by atomic mass is 10.1. The average molecular weight is 158 g/mol. The van der Waals surface area contributed by atoms with Gasteiger partial charge >= 0.3 is 0 Å². The number of carbonyl (C=O) groups excluding carboxylic acids is 1. The number of hydrogen-bond acceptors (Lipinski definition) is 1. The lowest BCUT2D eigenvalue weighted by molar-refractivity contribution is -0.117. The van der Waals surface area contributed by atoms with Gasteiger partial charge in [0.2, 0.25) is 0 Å². The normalized spacial score (nSPS) is 8.91. The van der Waals surface area contributed by atoms with Gasteiger partial charge in [0, 0.05) is 6.42 Å². The van der Waals surface area contributed by atoms with E-state index in [1.54, 1.807) is 6.92 Å². The molecule has 0 saturated carbocycles. The molecule has 11 heavy (non-hydrogen) atoms. The maximum atomic E-state index is 10.3. The Bertz CT molecular complexity index is 84.9. The fourth-order valence-corrected chi connectivity index (χ4v) is 0.492. The molecular formula is C10H22O. The molecule has 0 aromatic rings. The van der Waals surface area contributed by atoms with Crippen molar-refractivity contribution in [3.8, 4) is 0 Å². The van der Waals surface area contributed by atoms with E-state index in [0.29, 0.717) is 11.7 Å². The van der Waals surface area contributed by atoms with Gasteiger partial charge in [-0.3, -0.25) is 0 Å². The summed E-state index contributed by atoms with van der Waals surface area (Å²) in [6, 6.07) is 0. The van der Waals surface area contributed by atoms with E-state index in [1.165, 1.54) is 6.42 Å². The quantitative estimate of drug-likeness (QED) is 0.615. The molecule has 0 saturated heterocycles. The van der Waals surface area contributed by atoms with E-state index in [2.05, 4.69) is 27.7 Å². The second-order valence-corrected chi connectivity index (χ2v) is 3.34. The fraction of sp³-hybridized carbons (Fsp3) is 0.900. The molecule has 0 heterocycles. The third-order valence-corrected chi connectivity index (χ3v) is 1.07. The molecule has 0 amide bonds. The number of carbonyl (C=O) groups is 1. The first kappa shape index (κ1) is 13.3. The topological polar surface area (TPSA) is 17.1 Å². The van der Waals surface area contributed by atoms with Crippen LogP contribution in [-0.2, 0) is 4.79 Å². The molecule has 0 rings (SSSR count). The molecule has 0 atom stereocenters. The minimum absolute atomic E-state index is 0.304. The molecule has 1 heteroatoms. The second-order valence-electron chi connectivity index (χ2n) is 3.34. The first-order chi connectivity index (χ1) is 5.04. The Hall–Kier alpha value is -0.330. The highest BCUT2D eigenvalue weighted by Crippen LogP contribution is 2.02. The van der Waals surface area contributed by atoms with E-state index in [4.69, 9.17) is 0 Å². The molecule has 0 N–H and O–H groups in total. The van der Waals surface area contributed by atoms with Crippen LogP contribution in [0.5, 0.6) is 0 Å². The zero-order chi connectivity index (χ0) is 9.28. The first-order valence-electron chi connectivity index (χ1n) is 4.53. The SMILES string of the molecule is CC(=O)CCC(C)C.CCC. The van der Waals surface area contributed by atoms with Crippen molar-refractivity contribution >= 4 is 5.78 Å². The fourth-order valence-electron chi connectivity index (χ4n) is 0.492. The number of Topliss-reactive ketones (excluding diaryl/α,β-unsaturated/α-hetero) is 1. The maximum absolute atomic E-state index is 10.3. The van der Waals surface area contributed by atoms with Gasteiger partial charge in [0.25, 0.3) is 0 Å². The summed E-state index contributed by atoms with van der Waals surface area (Å²) in [6.07, 6.45) is 3.03.